The van der Waals surface area contributed by atoms with Gasteiger partial charge in [-0.1, -0.05) is 30.3 Å². The second-order valence-electron chi connectivity index (χ2n) is 8.44. The van der Waals surface area contributed by atoms with Gasteiger partial charge in [0.2, 0.25) is 11.8 Å². The SMILES string of the molecule is NCc1cc(Oc2ccc(F)cc2)ccc1NC(=O)C(COCc1ccccc1)NC(=O)Cc1cnc[nH]1. The Morgan fingerprint density at radius 2 is 1.79 bits per heavy atom. The number of nitrogens with two attached hydrogens (primary N) is 1. The number of anilines is 1. The Morgan fingerprint density at radius 1 is 1.03 bits per heavy atom. The fraction of sp³-hybridized carbons (Fsp3) is 0.179. The number of imidazole rings is 1. The van der Waals surface area contributed by atoms with E-state index in [-0.39, 0.29) is 37.9 Å². The standard InChI is InChI=1S/C28H28FN5O4/c29-21-6-8-23(9-7-21)38-24-10-11-25(20(12-24)14-30)34-28(36)26(17-37-16-19-4-2-1-3-5-19)33-27(35)13-22-15-31-18-32-22/h1-12,15,18,26H,13-14,16-17,30H2,(H,31,32)(H,33,35)(H,34,36). The molecule has 1 aromatic heterocycles. The second kappa shape index (κ2) is 13.1. The molecule has 0 aliphatic heterocycles. The highest BCUT2D eigenvalue weighted by Gasteiger charge is 2.23. The molecule has 0 saturated heterocycles. The number of H-pyrrole nitrogens is 1. The van der Waals surface area contributed by atoms with Crippen molar-refractivity contribution in [3.05, 3.63) is 108 Å². The van der Waals surface area contributed by atoms with Gasteiger partial charge in [0.15, 0.2) is 0 Å². The first-order chi connectivity index (χ1) is 18.5. The first kappa shape index (κ1) is 26.5. The van der Waals surface area contributed by atoms with Crippen molar-refractivity contribution in [3.63, 3.8) is 0 Å². The Hall–Kier alpha value is -4.54. The van der Waals surface area contributed by atoms with Gasteiger partial charge >= 0.3 is 0 Å². The van der Waals surface area contributed by atoms with Crippen LogP contribution in [0.5, 0.6) is 11.5 Å². The van der Waals surface area contributed by atoms with Crippen molar-refractivity contribution in [2.75, 3.05) is 11.9 Å². The fourth-order valence-corrected chi connectivity index (χ4v) is 3.63. The Bertz CT molecular complexity index is 1330. The van der Waals surface area contributed by atoms with E-state index in [1.165, 1.54) is 30.6 Å². The molecule has 0 radical (unpaired) electrons. The predicted octanol–water partition coefficient (Wildman–Crippen LogP) is 3.68. The third-order valence-electron chi connectivity index (χ3n) is 5.56. The number of hydrogen-bond acceptors (Lipinski definition) is 6. The van der Waals surface area contributed by atoms with Gasteiger partial charge in [0.25, 0.3) is 0 Å². The minimum Gasteiger partial charge on any atom is -0.457 e. The van der Waals surface area contributed by atoms with Crippen LogP contribution in [0.1, 0.15) is 16.8 Å². The van der Waals surface area contributed by atoms with Crippen LogP contribution in [0.2, 0.25) is 0 Å². The number of benzene rings is 3. The number of hydrogen-bond donors (Lipinski definition) is 4. The number of halogens is 1. The van der Waals surface area contributed by atoms with Gasteiger partial charge in [-0.05, 0) is 53.6 Å². The van der Waals surface area contributed by atoms with E-state index in [1.54, 1.807) is 24.4 Å². The lowest BCUT2D eigenvalue weighted by molar-refractivity contribution is -0.127. The number of nitrogens with one attached hydrogen (secondary N) is 3. The van der Waals surface area contributed by atoms with Crippen molar-refractivity contribution in [1.82, 2.24) is 15.3 Å². The predicted molar refractivity (Wildman–Crippen MR) is 140 cm³/mol. The highest BCUT2D eigenvalue weighted by atomic mass is 19.1. The lowest BCUT2D eigenvalue weighted by Crippen LogP contribution is -2.47. The van der Waals surface area contributed by atoms with Crippen molar-refractivity contribution in [2.45, 2.75) is 25.6 Å². The lowest BCUT2D eigenvalue weighted by Gasteiger charge is -2.20. The summed E-state index contributed by atoms with van der Waals surface area (Å²) in [5.74, 6) is -0.248. The molecule has 3 aromatic carbocycles. The molecule has 1 unspecified atom stereocenters. The topological polar surface area (TPSA) is 131 Å². The summed E-state index contributed by atoms with van der Waals surface area (Å²) in [6, 6.07) is 19.2. The van der Waals surface area contributed by atoms with E-state index in [9.17, 15) is 14.0 Å². The summed E-state index contributed by atoms with van der Waals surface area (Å²) in [5, 5.41) is 5.57. The molecule has 4 aromatic rings. The van der Waals surface area contributed by atoms with Crippen molar-refractivity contribution in [1.29, 1.82) is 0 Å². The van der Waals surface area contributed by atoms with Crippen LogP contribution in [0, 0.1) is 5.82 Å². The fourth-order valence-electron chi connectivity index (χ4n) is 3.63. The molecule has 1 heterocycles. The van der Waals surface area contributed by atoms with Crippen LogP contribution in [-0.2, 0) is 33.9 Å². The molecule has 0 aliphatic rings. The zero-order valence-electron chi connectivity index (χ0n) is 20.5. The van der Waals surface area contributed by atoms with Gasteiger partial charge < -0.3 is 30.8 Å². The van der Waals surface area contributed by atoms with Crippen LogP contribution < -0.4 is 21.1 Å². The molecule has 38 heavy (non-hydrogen) atoms. The zero-order chi connectivity index (χ0) is 26.7. The number of amides is 2. The zero-order valence-corrected chi connectivity index (χ0v) is 20.5. The quantitative estimate of drug-likeness (QED) is 0.227. The summed E-state index contributed by atoms with van der Waals surface area (Å²) in [6.45, 7) is 0.362. The number of rotatable bonds is 12. The maximum Gasteiger partial charge on any atom is 0.249 e. The first-order valence-corrected chi connectivity index (χ1v) is 12.0. The van der Waals surface area contributed by atoms with Gasteiger partial charge in [0.1, 0.15) is 23.4 Å². The normalized spacial score (nSPS) is 11.5. The molecule has 196 valence electrons. The smallest absolute Gasteiger partial charge is 0.249 e. The summed E-state index contributed by atoms with van der Waals surface area (Å²) in [7, 11) is 0. The molecule has 2 amide bonds. The molecule has 5 N–H and O–H groups in total. The minimum atomic E-state index is -0.963. The summed E-state index contributed by atoms with van der Waals surface area (Å²) in [4.78, 5) is 32.6. The van der Waals surface area contributed by atoms with E-state index in [0.29, 0.717) is 28.4 Å². The summed E-state index contributed by atoms with van der Waals surface area (Å²) < 4.78 is 24.7. The Kier molecular flexibility index (Phi) is 9.17. The molecule has 9 nitrogen and oxygen atoms in total. The van der Waals surface area contributed by atoms with E-state index in [2.05, 4.69) is 20.6 Å². The molecular formula is C28H28FN5O4. The third kappa shape index (κ3) is 7.73. The molecule has 0 saturated carbocycles. The molecule has 4 rings (SSSR count). The molecule has 0 aliphatic carbocycles. The Morgan fingerprint density at radius 3 is 2.50 bits per heavy atom. The van der Waals surface area contributed by atoms with E-state index >= 15 is 0 Å². The van der Waals surface area contributed by atoms with Gasteiger partial charge in [0, 0.05) is 24.1 Å². The van der Waals surface area contributed by atoms with E-state index in [4.69, 9.17) is 15.2 Å². The monoisotopic (exact) mass is 517 g/mol. The highest BCUT2D eigenvalue weighted by Crippen LogP contribution is 2.26. The Balaban J connectivity index is 1.43. The third-order valence-corrected chi connectivity index (χ3v) is 5.56. The number of aromatic nitrogens is 2. The maximum atomic E-state index is 13.2. The molecule has 10 heteroatoms. The van der Waals surface area contributed by atoms with Crippen molar-refractivity contribution in [3.8, 4) is 11.5 Å². The maximum absolute atomic E-state index is 13.2. The van der Waals surface area contributed by atoms with Gasteiger partial charge in [-0.2, -0.15) is 0 Å². The highest BCUT2D eigenvalue weighted by molar-refractivity contribution is 5.98. The van der Waals surface area contributed by atoms with Crippen molar-refractivity contribution < 1.29 is 23.5 Å². The van der Waals surface area contributed by atoms with E-state index in [1.807, 2.05) is 30.3 Å². The largest absolute Gasteiger partial charge is 0.457 e. The molecule has 1 atom stereocenters. The van der Waals surface area contributed by atoms with Crippen LogP contribution in [-0.4, -0.2) is 34.4 Å². The van der Waals surface area contributed by atoms with E-state index in [0.717, 1.165) is 5.56 Å². The number of aromatic amines is 1. The average Bonchev–Trinajstić information content (AvgIpc) is 3.43. The molecular weight excluding hydrogens is 489 g/mol. The van der Waals surface area contributed by atoms with Crippen LogP contribution >= 0.6 is 0 Å². The Labute approximate surface area is 219 Å². The molecule has 0 spiro atoms. The lowest BCUT2D eigenvalue weighted by atomic mass is 10.1. The summed E-state index contributed by atoms with van der Waals surface area (Å²) in [6.07, 6.45) is 3.06. The number of ether oxygens (including phenoxy) is 2. The molecule has 0 bridgehead atoms. The summed E-state index contributed by atoms with van der Waals surface area (Å²) in [5.41, 5.74) is 8.58. The van der Waals surface area contributed by atoms with Crippen LogP contribution in [0.15, 0.2) is 85.3 Å². The van der Waals surface area contributed by atoms with Gasteiger partial charge in [-0.25, -0.2) is 9.37 Å². The average molecular weight is 518 g/mol. The number of carbonyl (C=O) groups is 2. The van der Waals surface area contributed by atoms with Crippen molar-refractivity contribution in [2.24, 2.45) is 5.73 Å². The van der Waals surface area contributed by atoms with Gasteiger partial charge in [0.05, 0.1) is 26.0 Å². The van der Waals surface area contributed by atoms with Crippen LogP contribution in [0.4, 0.5) is 10.1 Å². The summed E-state index contributed by atoms with van der Waals surface area (Å²) >= 11 is 0. The second-order valence-corrected chi connectivity index (χ2v) is 8.44. The van der Waals surface area contributed by atoms with Gasteiger partial charge in [-0.15, -0.1) is 0 Å². The molecule has 0 fully saturated rings. The van der Waals surface area contributed by atoms with Crippen LogP contribution in [0.3, 0.4) is 0 Å². The number of nitrogens with zero attached hydrogens (tertiary/aromatic N) is 1. The van der Waals surface area contributed by atoms with Gasteiger partial charge in [-0.3, -0.25) is 9.59 Å². The minimum absolute atomic E-state index is 0.0337. The number of carbonyl (C=O) groups excluding carboxylic acids is 2. The van der Waals surface area contributed by atoms with E-state index < -0.39 is 11.9 Å². The first-order valence-electron chi connectivity index (χ1n) is 12.0. The van der Waals surface area contributed by atoms with Crippen molar-refractivity contribution >= 4 is 17.5 Å². The van der Waals surface area contributed by atoms with Crippen LogP contribution in [0.25, 0.3) is 0 Å².